The van der Waals surface area contributed by atoms with Crippen LogP contribution in [-0.2, 0) is 0 Å². The molecule has 1 atom stereocenters. The fraction of sp³-hybridized carbons (Fsp3) is 0.273. The SMILES string of the molecule is Cc1cc(C(=O)NC(C)c2nn[nH]n2)ccc1Cl. The summed E-state index contributed by atoms with van der Waals surface area (Å²) in [6, 6.07) is 4.80. The Kier molecular flexibility index (Phi) is 3.57. The molecule has 0 radical (unpaired) electrons. The van der Waals surface area contributed by atoms with E-state index in [1.807, 2.05) is 6.92 Å². The monoisotopic (exact) mass is 265 g/mol. The first-order valence-electron chi connectivity index (χ1n) is 5.38. The maximum atomic E-state index is 12.0. The Morgan fingerprint density at radius 3 is 2.89 bits per heavy atom. The van der Waals surface area contributed by atoms with Crippen LogP contribution in [-0.4, -0.2) is 26.5 Å². The number of benzene rings is 1. The molecule has 0 aliphatic carbocycles. The van der Waals surface area contributed by atoms with Crippen LogP contribution >= 0.6 is 11.6 Å². The van der Waals surface area contributed by atoms with E-state index in [2.05, 4.69) is 25.9 Å². The van der Waals surface area contributed by atoms with Gasteiger partial charge in [0, 0.05) is 10.6 Å². The maximum Gasteiger partial charge on any atom is 0.251 e. The molecular formula is C11H12ClN5O. The highest BCUT2D eigenvalue weighted by atomic mass is 35.5. The second kappa shape index (κ2) is 5.14. The average Bonchev–Trinajstić information content (AvgIpc) is 2.86. The number of tetrazole rings is 1. The Morgan fingerprint density at radius 2 is 2.28 bits per heavy atom. The second-order valence-electron chi connectivity index (χ2n) is 3.93. The van der Waals surface area contributed by atoms with Crippen molar-refractivity contribution < 1.29 is 4.79 Å². The zero-order valence-electron chi connectivity index (χ0n) is 9.94. The molecule has 0 fully saturated rings. The highest BCUT2D eigenvalue weighted by molar-refractivity contribution is 6.31. The fourth-order valence-corrected chi connectivity index (χ4v) is 1.60. The number of carbonyl (C=O) groups is 1. The summed E-state index contributed by atoms with van der Waals surface area (Å²) in [6.07, 6.45) is 0. The molecular weight excluding hydrogens is 254 g/mol. The van der Waals surface area contributed by atoms with Crippen molar-refractivity contribution in [1.29, 1.82) is 0 Å². The summed E-state index contributed by atoms with van der Waals surface area (Å²) in [6.45, 7) is 3.63. The molecule has 1 unspecified atom stereocenters. The minimum atomic E-state index is -0.313. The molecule has 1 heterocycles. The van der Waals surface area contributed by atoms with Crippen molar-refractivity contribution in [3.8, 4) is 0 Å². The van der Waals surface area contributed by atoms with E-state index in [0.717, 1.165) is 5.56 Å². The topological polar surface area (TPSA) is 83.6 Å². The molecule has 1 aromatic carbocycles. The first kappa shape index (κ1) is 12.5. The number of aromatic nitrogens is 4. The van der Waals surface area contributed by atoms with Crippen molar-refractivity contribution in [2.45, 2.75) is 19.9 Å². The van der Waals surface area contributed by atoms with Crippen LogP contribution in [0.4, 0.5) is 0 Å². The Bertz CT molecular complexity index is 555. The maximum absolute atomic E-state index is 12.0. The van der Waals surface area contributed by atoms with Crippen molar-refractivity contribution in [2.24, 2.45) is 0 Å². The highest BCUT2D eigenvalue weighted by Crippen LogP contribution is 2.16. The molecule has 0 bridgehead atoms. The lowest BCUT2D eigenvalue weighted by Crippen LogP contribution is -2.27. The van der Waals surface area contributed by atoms with E-state index in [-0.39, 0.29) is 11.9 Å². The molecule has 6 nitrogen and oxygen atoms in total. The van der Waals surface area contributed by atoms with Gasteiger partial charge in [-0.15, -0.1) is 10.2 Å². The third kappa shape index (κ3) is 2.65. The highest BCUT2D eigenvalue weighted by Gasteiger charge is 2.15. The van der Waals surface area contributed by atoms with Crippen molar-refractivity contribution in [1.82, 2.24) is 25.9 Å². The van der Waals surface area contributed by atoms with Crippen LogP contribution < -0.4 is 5.32 Å². The summed E-state index contributed by atoms with van der Waals surface area (Å²) in [7, 11) is 0. The molecule has 2 aromatic rings. The molecule has 0 spiro atoms. The predicted octanol–water partition coefficient (Wildman–Crippen LogP) is 1.65. The lowest BCUT2D eigenvalue weighted by Gasteiger charge is -2.10. The van der Waals surface area contributed by atoms with E-state index < -0.39 is 0 Å². The second-order valence-corrected chi connectivity index (χ2v) is 4.34. The summed E-state index contributed by atoms with van der Waals surface area (Å²) in [5, 5.41) is 16.8. The first-order chi connectivity index (χ1) is 8.58. The van der Waals surface area contributed by atoms with E-state index >= 15 is 0 Å². The Balaban J connectivity index is 2.10. The van der Waals surface area contributed by atoms with E-state index in [4.69, 9.17) is 11.6 Å². The van der Waals surface area contributed by atoms with Gasteiger partial charge < -0.3 is 5.32 Å². The van der Waals surface area contributed by atoms with Gasteiger partial charge in [0.25, 0.3) is 5.91 Å². The predicted molar refractivity (Wildman–Crippen MR) is 66.2 cm³/mol. The first-order valence-corrected chi connectivity index (χ1v) is 5.76. The Hall–Kier alpha value is -1.95. The molecule has 2 rings (SSSR count). The van der Waals surface area contributed by atoms with Gasteiger partial charge >= 0.3 is 0 Å². The minimum Gasteiger partial charge on any atom is -0.342 e. The van der Waals surface area contributed by atoms with Gasteiger partial charge in [-0.3, -0.25) is 4.79 Å². The summed E-state index contributed by atoms with van der Waals surface area (Å²) in [4.78, 5) is 12.0. The standard InChI is InChI=1S/C11H12ClN5O/c1-6-5-8(3-4-9(6)12)11(18)13-7(2)10-14-16-17-15-10/h3-5,7H,1-2H3,(H,13,18)(H,14,15,16,17). The Morgan fingerprint density at radius 1 is 1.50 bits per heavy atom. The number of halogens is 1. The van der Waals surface area contributed by atoms with Crippen molar-refractivity contribution >= 4 is 17.5 Å². The number of nitrogens with zero attached hydrogens (tertiary/aromatic N) is 3. The molecule has 1 aromatic heterocycles. The fourth-order valence-electron chi connectivity index (χ4n) is 1.48. The smallest absolute Gasteiger partial charge is 0.251 e. The lowest BCUT2D eigenvalue weighted by molar-refractivity contribution is 0.0938. The van der Waals surface area contributed by atoms with Crippen LogP contribution in [0.25, 0.3) is 0 Å². The molecule has 1 amide bonds. The lowest BCUT2D eigenvalue weighted by atomic mass is 10.1. The van der Waals surface area contributed by atoms with Gasteiger partial charge in [-0.2, -0.15) is 5.21 Å². The molecule has 7 heteroatoms. The normalized spacial score (nSPS) is 12.2. The van der Waals surface area contributed by atoms with E-state index in [0.29, 0.717) is 16.4 Å². The zero-order chi connectivity index (χ0) is 13.1. The largest absolute Gasteiger partial charge is 0.342 e. The van der Waals surface area contributed by atoms with Crippen molar-refractivity contribution in [2.75, 3.05) is 0 Å². The van der Waals surface area contributed by atoms with Crippen LogP contribution in [0.1, 0.15) is 34.7 Å². The number of hydrogen-bond donors (Lipinski definition) is 2. The van der Waals surface area contributed by atoms with Gasteiger partial charge in [-0.1, -0.05) is 16.8 Å². The number of rotatable bonds is 3. The van der Waals surface area contributed by atoms with E-state index in [1.165, 1.54) is 0 Å². The summed E-state index contributed by atoms with van der Waals surface area (Å²) >= 11 is 5.91. The van der Waals surface area contributed by atoms with E-state index in [9.17, 15) is 4.79 Å². The summed E-state index contributed by atoms with van der Waals surface area (Å²) in [5.74, 6) is 0.237. The van der Waals surface area contributed by atoms with Crippen LogP contribution in [0.3, 0.4) is 0 Å². The minimum absolute atomic E-state index is 0.202. The average molecular weight is 266 g/mol. The zero-order valence-corrected chi connectivity index (χ0v) is 10.7. The van der Waals surface area contributed by atoms with Crippen LogP contribution in [0.5, 0.6) is 0 Å². The number of amides is 1. The number of aryl methyl sites for hydroxylation is 1. The van der Waals surface area contributed by atoms with E-state index in [1.54, 1.807) is 25.1 Å². The van der Waals surface area contributed by atoms with Gasteiger partial charge in [0.15, 0.2) is 5.82 Å². The molecule has 0 aliphatic rings. The number of hydrogen-bond acceptors (Lipinski definition) is 4. The molecule has 0 saturated heterocycles. The quantitative estimate of drug-likeness (QED) is 0.884. The molecule has 2 N–H and O–H groups in total. The summed E-state index contributed by atoms with van der Waals surface area (Å²) in [5.41, 5.74) is 1.41. The van der Waals surface area contributed by atoms with Crippen molar-refractivity contribution in [3.05, 3.63) is 40.2 Å². The number of H-pyrrole nitrogens is 1. The van der Waals surface area contributed by atoms with Gasteiger partial charge in [0.2, 0.25) is 0 Å². The molecule has 18 heavy (non-hydrogen) atoms. The Labute approximate surface area is 109 Å². The number of aromatic amines is 1. The van der Waals surface area contributed by atoms with Gasteiger partial charge in [0.05, 0.1) is 6.04 Å². The number of nitrogens with one attached hydrogen (secondary N) is 2. The van der Waals surface area contributed by atoms with Gasteiger partial charge in [0.1, 0.15) is 0 Å². The molecule has 0 aliphatic heterocycles. The summed E-state index contributed by atoms with van der Waals surface area (Å²) < 4.78 is 0. The number of carbonyl (C=O) groups excluding carboxylic acids is 1. The molecule has 0 saturated carbocycles. The third-order valence-electron chi connectivity index (χ3n) is 2.52. The van der Waals surface area contributed by atoms with Gasteiger partial charge in [-0.05, 0) is 37.6 Å². The van der Waals surface area contributed by atoms with Crippen LogP contribution in [0.2, 0.25) is 5.02 Å². The third-order valence-corrected chi connectivity index (χ3v) is 2.94. The van der Waals surface area contributed by atoms with Crippen LogP contribution in [0.15, 0.2) is 18.2 Å². The van der Waals surface area contributed by atoms with Gasteiger partial charge in [-0.25, -0.2) is 0 Å². The van der Waals surface area contributed by atoms with Crippen molar-refractivity contribution in [3.63, 3.8) is 0 Å². The van der Waals surface area contributed by atoms with Crippen LogP contribution in [0, 0.1) is 6.92 Å². The molecule has 94 valence electrons.